The zero-order valence-corrected chi connectivity index (χ0v) is 16.7. The number of rotatable bonds is 5. The molecule has 1 saturated carbocycles. The first kappa shape index (κ1) is 18.4. The number of imidazole rings is 1. The number of carbonyl (C=O) groups is 1. The molecule has 1 heterocycles. The van der Waals surface area contributed by atoms with E-state index in [0.717, 1.165) is 46.3 Å². The smallest absolute Gasteiger partial charge is 0.335 e. The molecule has 1 aromatic heterocycles. The quantitative estimate of drug-likeness (QED) is 0.538. The second-order valence-corrected chi connectivity index (χ2v) is 8.01. The van der Waals surface area contributed by atoms with Crippen LogP contribution < -0.4 is 5.69 Å². The minimum absolute atomic E-state index is 0.103. The lowest BCUT2D eigenvalue weighted by Gasteiger charge is -2.10. The topological polar surface area (TPSA) is 64.2 Å². The summed E-state index contributed by atoms with van der Waals surface area (Å²) in [6.45, 7) is 0. The highest BCUT2D eigenvalue weighted by molar-refractivity contribution is 5.90. The Labute approximate surface area is 173 Å². The lowest BCUT2D eigenvalue weighted by molar-refractivity contribution is 0.0695. The van der Waals surface area contributed by atoms with Crippen LogP contribution in [0.5, 0.6) is 0 Å². The lowest BCUT2D eigenvalue weighted by Crippen LogP contribution is -2.20. The average molecular weight is 398 g/mol. The molecule has 1 aliphatic rings. The third-order valence-electron chi connectivity index (χ3n) is 5.94. The van der Waals surface area contributed by atoms with Crippen LogP contribution in [-0.4, -0.2) is 20.2 Å². The molecular formula is C25H22N2O3. The van der Waals surface area contributed by atoms with Crippen molar-refractivity contribution in [1.82, 2.24) is 9.13 Å². The van der Waals surface area contributed by atoms with Crippen LogP contribution in [0.2, 0.25) is 0 Å². The van der Waals surface area contributed by atoms with E-state index in [-0.39, 0.29) is 5.69 Å². The fourth-order valence-electron chi connectivity index (χ4n) is 4.16. The van der Waals surface area contributed by atoms with Gasteiger partial charge in [0.25, 0.3) is 0 Å². The van der Waals surface area contributed by atoms with Crippen LogP contribution in [0, 0.1) is 0 Å². The molecule has 1 fully saturated rings. The Morgan fingerprint density at radius 2 is 1.77 bits per heavy atom. The van der Waals surface area contributed by atoms with E-state index in [0.29, 0.717) is 17.9 Å². The van der Waals surface area contributed by atoms with Gasteiger partial charge in [0.1, 0.15) is 0 Å². The number of aromatic carboxylic acids is 1. The number of aromatic nitrogens is 2. The zero-order chi connectivity index (χ0) is 20.8. The molecule has 150 valence electrons. The summed E-state index contributed by atoms with van der Waals surface area (Å²) < 4.78 is 3.34. The van der Waals surface area contributed by atoms with Gasteiger partial charge in [-0.2, -0.15) is 0 Å². The van der Waals surface area contributed by atoms with E-state index in [1.807, 2.05) is 60.7 Å². The number of benzene rings is 3. The molecular weight excluding hydrogens is 376 g/mol. The molecule has 0 spiro atoms. The van der Waals surface area contributed by atoms with Crippen molar-refractivity contribution < 1.29 is 9.90 Å². The normalized spacial score (nSPS) is 13.6. The number of aryl methyl sites for hydroxylation is 1. The molecule has 1 aliphatic carbocycles. The summed E-state index contributed by atoms with van der Waals surface area (Å²) in [6.07, 6.45) is 2.79. The first-order valence-corrected chi connectivity index (χ1v) is 10.1. The number of carboxylic acids is 1. The van der Waals surface area contributed by atoms with E-state index < -0.39 is 5.97 Å². The summed E-state index contributed by atoms with van der Waals surface area (Å²) in [4.78, 5) is 24.7. The van der Waals surface area contributed by atoms with E-state index in [1.54, 1.807) is 16.2 Å². The van der Waals surface area contributed by atoms with Crippen molar-refractivity contribution >= 4 is 17.0 Å². The van der Waals surface area contributed by atoms with Crippen LogP contribution in [0.4, 0.5) is 0 Å². The Hall–Kier alpha value is -3.60. The zero-order valence-electron chi connectivity index (χ0n) is 16.7. The molecule has 1 N–H and O–H groups in total. The van der Waals surface area contributed by atoms with Crippen LogP contribution in [0.25, 0.3) is 16.7 Å². The Balaban J connectivity index is 1.56. The number of para-hydroxylation sites is 1. The molecule has 4 aromatic rings. The Morgan fingerprint density at radius 1 is 1.00 bits per heavy atom. The average Bonchev–Trinajstić information content (AvgIpc) is 3.57. The highest BCUT2D eigenvalue weighted by Crippen LogP contribution is 2.40. The summed E-state index contributed by atoms with van der Waals surface area (Å²) in [5.74, 6) is -0.378. The Kier molecular flexibility index (Phi) is 4.31. The van der Waals surface area contributed by atoms with E-state index >= 15 is 0 Å². The first-order valence-electron chi connectivity index (χ1n) is 10.1. The van der Waals surface area contributed by atoms with Gasteiger partial charge < -0.3 is 5.11 Å². The van der Waals surface area contributed by atoms with Crippen molar-refractivity contribution in [2.24, 2.45) is 7.05 Å². The monoisotopic (exact) mass is 398 g/mol. The number of carboxylic acid groups (broad SMARTS) is 1. The molecule has 5 nitrogen and oxygen atoms in total. The van der Waals surface area contributed by atoms with Gasteiger partial charge in [0.05, 0.1) is 22.3 Å². The lowest BCUT2D eigenvalue weighted by atomic mass is 9.96. The summed E-state index contributed by atoms with van der Waals surface area (Å²) >= 11 is 0. The van der Waals surface area contributed by atoms with Gasteiger partial charge in [0.15, 0.2) is 0 Å². The van der Waals surface area contributed by atoms with Gasteiger partial charge in [-0.15, -0.1) is 0 Å². The van der Waals surface area contributed by atoms with Crippen LogP contribution in [0.3, 0.4) is 0 Å². The van der Waals surface area contributed by atoms with Gasteiger partial charge in [0.2, 0.25) is 0 Å². The van der Waals surface area contributed by atoms with Gasteiger partial charge in [0, 0.05) is 7.05 Å². The predicted octanol–water partition coefficient (Wildman–Crippen LogP) is 4.50. The van der Waals surface area contributed by atoms with Crippen molar-refractivity contribution in [1.29, 1.82) is 0 Å². The molecule has 0 atom stereocenters. The molecule has 0 saturated heterocycles. The fraction of sp³-hybridized carbons (Fsp3) is 0.200. The van der Waals surface area contributed by atoms with Crippen LogP contribution in [-0.2, 0) is 13.5 Å². The van der Waals surface area contributed by atoms with Gasteiger partial charge in [-0.1, -0.05) is 36.4 Å². The SMILES string of the molecule is Cn1c(=O)n(-c2ccccc2)c2ccc(Cc3ccc(C4CC4)cc3C(=O)O)cc21. The minimum Gasteiger partial charge on any atom is -0.478 e. The van der Waals surface area contributed by atoms with E-state index in [4.69, 9.17) is 0 Å². The standard InChI is InChI=1S/C25H22N2O3/c1-26-23-14-16(7-12-22(23)27(25(26)30)20-5-3-2-4-6-20)13-19-11-10-18(17-8-9-17)15-21(19)24(28)29/h2-7,10-12,14-15,17H,8-9,13H2,1H3,(H,28,29). The summed E-state index contributed by atoms with van der Waals surface area (Å²) in [7, 11) is 1.76. The number of hydrogen-bond donors (Lipinski definition) is 1. The number of fused-ring (bicyclic) bond motifs is 1. The third kappa shape index (κ3) is 3.12. The van der Waals surface area contributed by atoms with E-state index in [1.165, 1.54) is 0 Å². The van der Waals surface area contributed by atoms with Crippen LogP contribution in [0.15, 0.2) is 71.5 Å². The van der Waals surface area contributed by atoms with Crippen LogP contribution >= 0.6 is 0 Å². The van der Waals surface area contributed by atoms with Crippen molar-refractivity contribution in [3.63, 3.8) is 0 Å². The molecule has 30 heavy (non-hydrogen) atoms. The van der Waals surface area contributed by atoms with Crippen molar-refractivity contribution in [3.8, 4) is 5.69 Å². The van der Waals surface area contributed by atoms with E-state index in [2.05, 4.69) is 6.07 Å². The maximum absolute atomic E-state index is 12.9. The van der Waals surface area contributed by atoms with Crippen molar-refractivity contribution in [2.75, 3.05) is 0 Å². The minimum atomic E-state index is -0.892. The van der Waals surface area contributed by atoms with Crippen molar-refractivity contribution in [2.45, 2.75) is 25.2 Å². The number of hydrogen-bond acceptors (Lipinski definition) is 2. The molecule has 0 radical (unpaired) electrons. The highest BCUT2D eigenvalue weighted by Gasteiger charge is 2.25. The van der Waals surface area contributed by atoms with Gasteiger partial charge in [-0.25, -0.2) is 9.59 Å². The molecule has 0 aliphatic heterocycles. The summed E-state index contributed by atoms with van der Waals surface area (Å²) in [5, 5.41) is 9.70. The number of nitrogens with zero attached hydrogens (tertiary/aromatic N) is 2. The molecule has 0 bridgehead atoms. The first-order chi connectivity index (χ1) is 14.5. The molecule has 0 amide bonds. The van der Waals surface area contributed by atoms with Gasteiger partial charge >= 0.3 is 11.7 Å². The van der Waals surface area contributed by atoms with Crippen LogP contribution in [0.1, 0.15) is 45.8 Å². The van der Waals surface area contributed by atoms with E-state index in [9.17, 15) is 14.7 Å². The highest BCUT2D eigenvalue weighted by atomic mass is 16.4. The second-order valence-electron chi connectivity index (χ2n) is 8.01. The third-order valence-corrected chi connectivity index (χ3v) is 5.94. The second kappa shape index (κ2) is 7.02. The molecule has 5 heteroatoms. The summed E-state index contributed by atoms with van der Waals surface area (Å²) in [6, 6.07) is 21.3. The maximum atomic E-state index is 12.9. The predicted molar refractivity (Wildman–Crippen MR) is 117 cm³/mol. The Bertz CT molecular complexity index is 1330. The van der Waals surface area contributed by atoms with Crippen molar-refractivity contribution in [3.05, 3.63) is 99.5 Å². The Morgan fingerprint density at radius 3 is 2.47 bits per heavy atom. The molecule has 0 unspecified atom stereocenters. The maximum Gasteiger partial charge on any atom is 0.335 e. The van der Waals surface area contributed by atoms with Gasteiger partial charge in [-0.3, -0.25) is 9.13 Å². The fourth-order valence-corrected chi connectivity index (χ4v) is 4.16. The summed E-state index contributed by atoms with van der Waals surface area (Å²) in [5.41, 5.74) is 5.64. The molecule has 3 aromatic carbocycles. The largest absolute Gasteiger partial charge is 0.478 e. The van der Waals surface area contributed by atoms with Gasteiger partial charge in [-0.05, 0) is 72.2 Å². The molecule has 5 rings (SSSR count).